The molecule has 0 amide bonds. The SMILES string of the molecule is CCNC(c1cc(Cl)cc(Cl)c1)c1c(Cl)cnn1CC. The number of hydrogen-bond acceptors (Lipinski definition) is 2. The van der Waals surface area contributed by atoms with Crippen LogP contribution in [0, 0.1) is 0 Å². The fourth-order valence-corrected chi connectivity index (χ4v) is 3.02. The summed E-state index contributed by atoms with van der Waals surface area (Å²) in [5, 5.41) is 9.54. The van der Waals surface area contributed by atoms with Crippen LogP contribution >= 0.6 is 34.8 Å². The second kappa shape index (κ2) is 6.81. The molecule has 1 N–H and O–H groups in total. The van der Waals surface area contributed by atoms with E-state index in [1.165, 1.54) is 0 Å². The van der Waals surface area contributed by atoms with E-state index in [1.807, 2.05) is 30.7 Å². The maximum Gasteiger partial charge on any atom is 0.0837 e. The molecule has 1 aromatic heterocycles. The smallest absolute Gasteiger partial charge is 0.0837 e. The Balaban J connectivity index is 2.52. The molecule has 0 aliphatic heterocycles. The first kappa shape index (κ1) is 15.6. The number of nitrogens with one attached hydrogen (secondary N) is 1. The van der Waals surface area contributed by atoms with Gasteiger partial charge in [0.1, 0.15) is 0 Å². The number of benzene rings is 1. The van der Waals surface area contributed by atoms with Crippen LogP contribution in [0.25, 0.3) is 0 Å². The van der Waals surface area contributed by atoms with E-state index in [-0.39, 0.29) is 6.04 Å². The standard InChI is InChI=1S/C14H16Cl3N3/c1-3-18-13(9-5-10(15)7-11(16)6-9)14-12(17)8-19-20(14)4-2/h5-8,13,18H,3-4H2,1-2H3. The van der Waals surface area contributed by atoms with E-state index >= 15 is 0 Å². The quantitative estimate of drug-likeness (QED) is 0.869. The van der Waals surface area contributed by atoms with Gasteiger partial charge in [0.15, 0.2) is 0 Å². The van der Waals surface area contributed by atoms with E-state index < -0.39 is 0 Å². The average molecular weight is 333 g/mol. The molecule has 0 fully saturated rings. The number of rotatable bonds is 5. The van der Waals surface area contributed by atoms with Gasteiger partial charge in [0.05, 0.1) is 23.0 Å². The zero-order valence-electron chi connectivity index (χ0n) is 11.3. The first-order chi connectivity index (χ1) is 9.56. The van der Waals surface area contributed by atoms with Crippen LogP contribution in [0.4, 0.5) is 0 Å². The highest BCUT2D eigenvalue weighted by molar-refractivity contribution is 6.34. The lowest BCUT2D eigenvalue weighted by molar-refractivity contribution is 0.542. The van der Waals surface area contributed by atoms with Crippen LogP contribution in [-0.2, 0) is 6.54 Å². The van der Waals surface area contributed by atoms with E-state index in [9.17, 15) is 0 Å². The fraction of sp³-hybridized carbons (Fsp3) is 0.357. The van der Waals surface area contributed by atoms with Crippen molar-refractivity contribution in [3.05, 3.63) is 50.7 Å². The van der Waals surface area contributed by atoms with Crippen molar-refractivity contribution in [3.8, 4) is 0 Å². The zero-order chi connectivity index (χ0) is 14.7. The molecule has 6 heteroatoms. The van der Waals surface area contributed by atoms with Crippen LogP contribution in [0.1, 0.15) is 31.1 Å². The Kier molecular flexibility index (Phi) is 5.33. The monoisotopic (exact) mass is 331 g/mol. The molecule has 3 nitrogen and oxygen atoms in total. The van der Waals surface area contributed by atoms with Crippen LogP contribution < -0.4 is 5.32 Å². The van der Waals surface area contributed by atoms with Crippen molar-refractivity contribution in [2.45, 2.75) is 26.4 Å². The molecule has 2 aromatic rings. The topological polar surface area (TPSA) is 29.9 Å². The molecular weight excluding hydrogens is 317 g/mol. The molecular formula is C14H16Cl3N3. The predicted molar refractivity (Wildman–Crippen MR) is 84.9 cm³/mol. The summed E-state index contributed by atoms with van der Waals surface area (Å²) in [5.74, 6) is 0. The van der Waals surface area contributed by atoms with Gasteiger partial charge in [0, 0.05) is 16.6 Å². The second-order valence-electron chi connectivity index (χ2n) is 4.39. The Bertz CT molecular complexity index is 575. The first-order valence-electron chi connectivity index (χ1n) is 6.47. The molecule has 2 rings (SSSR count). The molecule has 0 saturated heterocycles. The summed E-state index contributed by atoms with van der Waals surface area (Å²) in [6.07, 6.45) is 1.66. The van der Waals surface area contributed by atoms with Gasteiger partial charge < -0.3 is 5.32 Å². The van der Waals surface area contributed by atoms with Crippen molar-refractivity contribution in [2.24, 2.45) is 0 Å². The lowest BCUT2D eigenvalue weighted by Crippen LogP contribution is -2.25. The lowest BCUT2D eigenvalue weighted by Gasteiger charge is -2.20. The van der Waals surface area contributed by atoms with E-state index in [0.29, 0.717) is 15.1 Å². The van der Waals surface area contributed by atoms with Crippen molar-refractivity contribution in [2.75, 3.05) is 6.54 Å². The van der Waals surface area contributed by atoms with Gasteiger partial charge in [0.2, 0.25) is 0 Å². The van der Waals surface area contributed by atoms with E-state index in [1.54, 1.807) is 12.3 Å². The van der Waals surface area contributed by atoms with Crippen LogP contribution in [0.15, 0.2) is 24.4 Å². The minimum Gasteiger partial charge on any atom is -0.305 e. The Morgan fingerprint density at radius 3 is 2.35 bits per heavy atom. The number of halogens is 3. The Hall–Kier alpha value is -0.740. The molecule has 0 aliphatic carbocycles. The lowest BCUT2D eigenvalue weighted by atomic mass is 10.0. The molecule has 108 valence electrons. The summed E-state index contributed by atoms with van der Waals surface area (Å²) in [7, 11) is 0. The molecule has 1 unspecified atom stereocenters. The molecule has 0 saturated carbocycles. The van der Waals surface area contributed by atoms with E-state index in [2.05, 4.69) is 10.4 Å². The molecule has 1 aromatic carbocycles. The summed E-state index contributed by atoms with van der Waals surface area (Å²) in [6.45, 7) is 5.61. The summed E-state index contributed by atoms with van der Waals surface area (Å²) in [5.41, 5.74) is 1.90. The normalized spacial score (nSPS) is 12.7. The van der Waals surface area contributed by atoms with Gasteiger partial charge in [-0.25, -0.2) is 0 Å². The highest BCUT2D eigenvalue weighted by atomic mass is 35.5. The van der Waals surface area contributed by atoms with Crippen LogP contribution in [0.5, 0.6) is 0 Å². The third-order valence-electron chi connectivity index (χ3n) is 3.03. The minimum absolute atomic E-state index is 0.0915. The van der Waals surface area contributed by atoms with Crippen molar-refractivity contribution >= 4 is 34.8 Å². The van der Waals surface area contributed by atoms with Gasteiger partial charge in [-0.1, -0.05) is 41.7 Å². The maximum atomic E-state index is 6.29. The number of aromatic nitrogens is 2. The molecule has 20 heavy (non-hydrogen) atoms. The summed E-state index contributed by atoms with van der Waals surface area (Å²) in [6, 6.07) is 5.41. The molecule has 0 radical (unpaired) electrons. The fourth-order valence-electron chi connectivity index (χ4n) is 2.23. The van der Waals surface area contributed by atoms with Crippen molar-refractivity contribution in [3.63, 3.8) is 0 Å². The average Bonchev–Trinajstić information content (AvgIpc) is 2.76. The summed E-state index contributed by atoms with van der Waals surface area (Å²) >= 11 is 18.5. The van der Waals surface area contributed by atoms with Gasteiger partial charge in [-0.2, -0.15) is 5.10 Å². The Labute approximate surface area is 133 Å². The van der Waals surface area contributed by atoms with Crippen molar-refractivity contribution in [1.82, 2.24) is 15.1 Å². The maximum absolute atomic E-state index is 6.29. The molecule has 1 heterocycles. The summed E-state index contributed by atoms with van der Waals surface area (Å²) < 4.78 is 1.88. The zero-order valence-corrected chi connectivity index (χ0v) is 13.6. The number of hydrogen-bond donors (Lipinski definition) is 1. The number of nitrogens with zero attached hydrogens (tertiary/aromatic N) is 2. The van der Waals surface area contributed by atoms with Crippen LogP contribution in [0.3, 0.4) is 0 Å². The Morgan fingerprint density at radius 1 is 1.15 bits per heavy atom. The minimum atomic E-state index is -0.0915. The molecule has 0 aliphatic rings. The van der Waals surface area contributed by atoms with Gasteiger partial charge in [-0.3, -0.25) is 4.68 Å². The van der Waals surface area contributed by atoms with Gasteiger partial charge in [-0.15, -0.1) is 0 Å². The third-order valence-corrected chi connectivity index (χ3v) is 3.76. The predicted octanol–water partition coefficient (Wildman–Crippen LogP) is 4.56. The van der Waals surface area contributed by atoms with Crippen LogP contribution in [0.2, 0.25) is 15.1 Å². The van der Waals surface area contributed by atoms with Gasteiger partial charge in [0.25, 0.3) is 0 Å². The molecule has 1 atom stereocenters. The highest BCUT2D eigenvalue weighted by Gasteiger charge is 2.21. The summed E-state index contributed by atoms with van der Waals surface area (Å²) in [4.78, 5) is 0. The van der Waals surface area contributed by atoms with Gasteiger partial charge >= 0.3 is 0 Å². The van der Waals surface area contributed by atoms with Crippen molar-refractivity contribution < 1.29 is 0 Å². The Morgan fingerprint density at radius 2 is 1.80 bits per heavy atom. The number of aryl methyl sites for hydroxylation is 1. The second-order valence-corrected chi connectivity index (χ2v) is 5.67. The molecule has 0 spiro atoms. The van der Waals surface area contributed by atoms with E-state index in [4.69, 9.17) is 34.8 Å². The highest BCUT2D eigenvalue weighted by Crippen LogP contribution is 2.31. The van der Waals surface area contributed by atoms with Crippen LogP contribution in [-0.4, -0.2) is 16.3 Å². The van der Waals surface area contributed by atoms with E-state index in [0.717, 1.165) is 24.3 Å². The van der Waals surface area contributed by atoms with Crippen molar-refractivity contribution in [1.29, 1.82) is 0 Å². The van der Waals surface area contributed by atoms with Gasteiger partial charge in [-0.05, 0) is 37.2 Å². The largest absolute Gasteiger partial charge is 0.305 e. The molecule has 0 bridgehead atoms. The first-order valence-corrected chi connectivity index (χ1v) is 7.60. The third kappa shape index (κ3) is 3.29.